The summed E-state index contributed by atoms with van der Waals surface area (Å²) >= 11 is 0. The first-order chi connectivity index (χ1) is 17.8. The largest absolute Gasteiger partial charge is 0.291 e. The van der Waals surface area contributed by atoms with Gasteiger partial charge in [-0.3, -0.25) is 4.90 Å². The van der Waals surface area contributed by atoms with Crippen LogP contribution in [0.2, 0.25) is 0 Å². The zero-order valence-corrected chi connectivity index (χ0v) is 21.8. The Morgan fingerprint density at radius 1 is 1.00 bits per heavy atom. The monoisotopic (exact) mass is 523 g/mol. The van der Waals surface area contributed by atoms with Gasteiger partial charge < -0.3 is 0 Å². The zero-order chi connectivity index (χ0) is 25.7. The number of sulfonamides is 1. The van der Waals surface area contributed by atoms with Crippen LogP contribution in [0.25, 0.3) is 16.6 Å². The minimum absolute atomic E-state index is 0.0178. The summed E-state index contributed by atoms with van der Waals surface area (Å²) in [7, 11) is -2.14. The predicted molar refractivity (Wildman–Crippen MR) is 137 cm³/mol. The molecule has 2 aromatic carbocycles. The molecule has 1 aliphatic carbocycles. The molecule has 0 N–H and O–H groups in total. The fourth-order valence-electron chi connectivity index (χ4n) is 5.86. The first-order valence-electron chi connectivity index (χ1n) is 12.7. The first kappa shape index (κ1) is 24.2. The Morgan fingerprint density at radius 3 is 2.46 bits per heavy atom. The summed E-state index contributed by atoms with van der Waals surface area (Å²) in [6.45, 7) is 3.52. The molecule has 0 bridgehead atoms. The first-order valence-corrected chi connectivity index (χ1v) is 14.1. The van der Waals surface area contributed by atoms with Gasteiger partial charge in [0.1, 0.15) is 5.82 Å². The number of hydrogen-bond acceptors (Lipinski definition) is 6. The summed E-state index contributed by atoms with van der Waals surface area (Å²) in [5, 5.41) is 13.6. The van der Waals surface area contributed by atoms with Gasteiger partial charge in [-0.2, -0.15) is 19.3 Å². The average Bonchev–Trinajstić information content (AvgIpc) is 3.65. The van der Waals surface area contributed by atoms with Gasteiger partial charge in [0.25, 0.3) is 10.0 Å². The number of rotatable bonds is 5. The van der Waals surface area contributed by atoms with E-state index in [-0.39, 0.29) is 16.9 Å². The molecule has 2 fully saturated rings. The number of aryl methyl sites for hydroxylation is 2. The highest BCUT2D eigenvalue weighted by atomic mass is 32.2. The molecule has 0 unspecified atom stereocenters. The lowest BCUT2D eigenvalue weighted by Crippen LogP contribution is -2.53. The molecule has 0 radical (unpaired) electrons. The van der Waals surface area contributed by atoms with Crippen LogP contribution in [0.5, 0.6) is 0 Å². The van der Waals surface area contributed by atoms with E-state index in [0.717, 1.165) is 40.6 Å². The molecular weight excluding hydrogens is 493 g/mol. The maximum Gasteiger partial charge on any atom is 0.264 e. The maximum absolute atomic E-state index is 13.5. The molecule has 9 nitrogen and oxygen atoms in total. The van der Waals surface area contributed by atoms with Crippen LogP contribution in [0, 0.1) is 12.7 Å². The van der Waals surface area contributed by atoms with Gasteiger partial charge in [0.05, 0.1) is 23.6 Å². The Bertz CT molecular complexity index is 1540. The SMILES string of the molecule is Cc1cc2c(cnn2-c2ccc(F)cc2)cc1[C@H]1CN(S(=O)(=O)c2cnn(C)n2)CCN1C1CCCC1. The molecule has 1 atom stereocenters. The van der Waals surface area contributed by atoms with Gasteiger partial charge in [-0.1, -0.05) is 12.8 Å². The molecule has 0 spiro atoms. The molecule has 6 rings (SSSR count). The molecule has 2 aromatic heterocycles. The van der Waals surface area contributed by atoms with Crippen molar-refractivity contribution >= 4 is 20.9 Å². The van der Waals surface area contributed by atoms with E-state index in [2.05, 4.69) is 39.3 Å². The van der Waals surface area contributed by atoms with Crippen LogP contribution in [0.3, 0.4) is 0 Å². The second-order valence-corrected chi connectivity index (χ2v) is 11.9. The summed E-state index contributed by atoms with van der Waals surface area (Å²) < 4.78 is 43.7. The van der Waals surface area contributed by atoms with E-state index in [9.17, 15) is 12.8 Å². The molecule has 37 heavy (non-hydrogen) atoms. The van der Waals surface area contributed by atoms with E-state index in [1.807, 2.05) is 10.9 Å². The molecule has 2 aliphatic rings. The third kappa shape index (κ3) is 4.34. The van der Waals surface area contributed by atoms with Crippen LogP contribution in [-0.2, 0) is 17.1 Å². The van der Waals surface area contributed by atoms with Gasteiger partial charge in [-0.15, -0.1) is 5.10 Å². The predicted octanol–water partition coefficient (Wildman–Crippen LogP) is 3.59. The molecule has 1 saturated carbocycles. The van der Waals surface area contributed by atoms with Crippen LogP contribution in [0.15, 0.2) is 53.8 Å². The molecule has 194 valence electrons. The Kier molecular flexibility index (Phi) is 6.09. The summed E-state index contributed by atoms with van der Waals surface area (Å²) in [6, 6.07) is 10.9. The smallest absolute Gasteiger partial charge is 0.264 e. The molecule has 1 saturated heterocycles. The number of halogens is 1. The summed E-state index contributed by atoms with van der Waals surface area (Å²) in [4.78, 5) is 3.78. The summed E-state index contributed by atoms with van der Waals surface area (Å²) in [5.41, 5.74) is 3.90. The minimum Gasteiger partial charge on any atom is -0.291 e. The standard InChI is InChI=1S/C26H30FN7O2S/c1-18-13-24-19(15-29-34(24)22-9-7-20(27)8-10-22)14-23(18)25-17-32(11-12-33(25)21-5-3-4-6-21)37(35,36)26-16-28-31(2)30-26/h7-10,13-16,21,25H,3-6,11-12,17H2,1-2H3/t25-/m1/s1. The number of aromatic nitrogens is 5. The van der Waals surface area contributed by atoms with E-state index in [1.165, 1.54) is 36.0 Å². The van der Waals surface area contributed by atoms with Gasteiger partial charge in [0.15, 0.2) is 0 Å². The molecule has 11 heteroatoms. The average molecular weight is 524 g/mol. The van der Waals surface area contributed by atoms with Gasteiger partial charge in [-0.25, -0.2) is 17.5 Å². The van der Waals surface area contributed by atoms with Crippen LogP contribution >= 0.6 is 0 Å². The van der Waals surface area contributed by atoms with Crippen LogP contribution < -0.4 is 0 Å². The van der Waals surface area contributed by atoms with Crippen molar-refractivity contribution in [2.75, 3.05) is 19.6 Å². The summed E-state index contributed by atoms with van der Waals surface area (Å²) in [6.07, 6.45) is 7.82. The van der Waals surface area contributed by atoms with E-state index in [1.54, 1.807) is 23.5 Å². The van der Waals surface area contributed by atoms with Crippen molar-refractivity contribution in [1.82, 2.24) is 34.0 Å². The number of piperazine rings is 1. The molecular formula is C26H30FN7O2S. The number of benzene rings is 2. The second kappa shape index (κ2) is 9.30. The second-order valence-electron chi connectivity index (χ2n) is 10.0. The van der Waals surface area contributed by atoms with E-state index in [0.29, 0.717) is 25.7 Å². The Morgan fingerprint density at radius 2 is 1.76 bits per heavy atom. The highest BCUT2D eigenvalue weighted by Gasteiger charge is 2.40. The summed E-state index contributed by atoms with van der Waals surface area (Å²) in [5.74, 6) is -0.288. The van der Waals surface area contributed by atoms with Crippen molar-refractivity contribution < 1.29 is 12.8 Å². The zero-order valence-electron chi connectivity index (χ0n) is 21.0. The van der Waals surface area contributed by atoms with Gasteiger partial charge >= 0.3 is 0 Å². The Balaban J connectivity index is 1.39. The molecule has 4 aromatic rings. The van der Waals surface area contributed by atoms with Gasteiger partial charge in [0, 0.05) is 44.2 Å². The lowest BCUT2D eigenvalue weighted by atomic mass is 9.95. The van der Waals surface area contributed by atoms with Crippen molar-refractivity contribution in [3.8, 4) is 5.69 Å². The van der Waals surface area contributed by atoms with Crippen molar-refractivity contribution in [3.63, 3.8) is 0 Å². The lowest BCUT2D eigenvalue weighted by Gasteiger charge is -2.44. The normalized spacial score (nSPS) is 20.2. The van der Waals surface area contributed by atoms with Crippen LogP contribution in [-0.4, -0.2) is 68.1 Å². The third-order valence-electron chi connectivity index (χ3n) is 7.75. The van der Waals surface area contributed by atoms with E-state index < -0.39 is 10.0 Å². The molecule has 3 heterocycles. The lowest BCUT2D eigenvalue weighted by molar-refractivity contribution is 0.0746. The van der Waals surface area contributed by atoms with Crippen molar-refractivity contribution in [2.45, 2.75) is 49.7 Å². The Labute approximate surface area is 215 Å². The van der Waals surface area contributed by atoms with Crippen LogP contribution in [0.4, 0.5) is 4.39 Å². The van der Waals surface area contributed by atoms with Crippen molar-refractivity contribution in [2.24, 2.45) is 7.05 Å². The maximum atomic E-state index is 13.5. The van der Waals surface area contributed by atoms with Crippen molar-refractivity contribution in [3.05, 3.63) is 65.7 Å². The van der Waals surface area contributed by atoms with Gasteiger partial charge in [-0.05, 0) is 67.3 Å². The minimum atomic E-state index is -3.75. The van der Waals surface area contributed by atoms with Crippen molar-refractivity contribution in [1.29, 1.82) is 0 Å². The quantitative estimate of drug-likeness (QED) is 0.397. The fourth-order valence-corrected chi connectivity index (χ4v) is 7.19. The van der Waals surface area contributed by atoms with Crippen LogP contribution in [0.1, 0.15) is 42.9 Å². The van der Waals surface area contributed by atoms with Gasteiger partial charge in [0.2, 0.25) is 5.03 Å². The van der Waals surface area contributed by atoms with E-state index in [4.69, 9.17) is 0 Å². The molecule has 1 aliphatic heterocycles. The number of hydrogen-bond donors (Lipinski definition) is 0. The third-order valence-corrected chi connectivity index (χ3v) is 9.47. The van der Waals surface area contributed by atoms with E-state index >= 15 is 0 Å². The number of nitrogens with zero attached hydrogens (tertiary/aromatic N) is 7. The highest BCUT2D eigenvalue weighted by Crippen LogP contribution is 2.37. The number of fused-ring (bicyclic) bond motifs is 1. The molecule has 0 amide bonds. The topological polar surface area (TPSA) is 89.2 Å². The Hall–Kier alpha value is -3.15. The highest BCUT2D eigenvalue weighted by molar-refractivity contribution is 7.89. The fraction of sp³-hybridized carbons (Fsp3) is 0.423.